The van der Waals surface area contributed by atoms with Gasteiger partial charge in [0.15, 0.2) is 5.71 Å². The molecule has 1 aromatic heterocycles. The summed E-state index contributed by atoms with van der Waals surface area (Å²) < 4.78 is 4.44. The largest absolute Gasteiger partial charge is 0.506 e. The molecule has 1 N–H and O–H groups in total. The average molecular weight is 488 g/mol. The van der Waals surface area contributed by atoms with Crippen molar-refractivity contribution in [3.8, 4) is 11.1 Å². The second-order valence-corrected chi connectivity index (χ2v) is 9.96. The normalized spacial score (nSPS) is 17.2. The van der Waals surface area contributed by atoms with E-state index in [1.807, 2.05) is 32.0 Å². The number of aromatic nitrogens is 1. The lowest BCUT2D eigenvalue weighted by atomic mass is 9.77. The number of hydrogen-bond acceptors (Lipinski definition) is 2. The van der Waals surface area contributed by atoms with Gasteiger partial charge in [-0.15, -0.1) is 0 Å². The second-order valence-electron chi connectivity index (χ2n) is 9.96. The van der Waals surface area contributed by atoms with Crippen molar-refractivity contribution in [2.45, 2.75) is 41.2 Å². The predicted molar refractivity (Wildman–Crippen MR) is 152 cm³/mol. The summed E-state index contributed by atoms with van der Waals surface area (Å²) >= 11 is 0. The third kappa shape index (κ3) is 3.21. The first kappa shape index (κ1) is 23.2. The molecule has 0 radical (unpaired) electrons. The van der Waals surface area contributed by atoms with E-state index >= 15 is 0 Å². The van der Waals surface area contributed by atoms with Gasteiger partial charge in [0.05, 0.1) is 22.3 Å². The first-order chi connectivity index (χ1) is 17.9. The molecule has 3 aromatic carbocycles. The number of aryl methyl sites for hydroxylation is 2. The monoisotopic (exact) mass is 487 g/mol. The van der Waals surface area contributed by atoms with Gasteiger partial charge in [0.1, 0.15) is 12.3 Å². The van der Waals surface area contributed by atoms with Gasteiger partial charge in [0.25, 0.3) is 0 Å². The fraction of sp³-hybridized carbons (Fsp3) is 0.212. The topological polar surface area (TPSA) is 45.2 Å². The molecule has 0 bridgehead atoms. The number of fused-ring (bicyclic) bond motifs is 2. The molecule has 0 unspecified atom stereocenters. The number of aliphatic hydroxyl groups excluding tert-OH is 1. The molecule has 0 saturated carbocycles. The van der Waals surface area contributed by atoms with Crippen LogP contribution >= 0.6 is 0 Å². The number of ketones is 1. The summed E-state index contributed by atoms with van der Waals surface area (Å²) in [5.41, 5.74) is 11.1. The zero-order valence-corrected chi connectivity index (χ0v) is 22.0. The fourth-order valence-electron chi connectivity index (χ4n) is 6.20. The number of nitrogens with zero attached hydrogens (tertiary/aromatic N) is 2. The van der Waals surface area contributed by atoms with Crippen molar-refractivity contribution in [2.75, 3.05) is 6.54 Å². The first-order valence-electron chi connectivity index (χ1n) is 13.0. The number of Topliss-reactive ketones (excluding diaryl/α,β-unsaturated/α-hetero) is 1. The van der Waals surface area contributed by atoms with Gasteiger partial charge < -0.3 is 9.67 Å². The summed E-state index contributed by atoms with van der Waals surface area (Å²) in [6.07, 6.45) is 0. The Balaban J connectivity index is 1.59. The highest BCUT2D eigenvalue weighted by Gasteiger charge is 2.44. The molecule has 2 aliphatic rings. The Labute approximate surface area is 217 Å². The van der Waals surface area contributed by atoms with Crippen LogP contribution in [0.15, 0.2) is 78.1 Å². The fourth-order valence-corrected chi connectivity index (χ4v) is 6.20. The molecule has 4 nitrogen and oxygen atoms in total. The number of rotatable bonds is 4. The van der Waals surface area contributed by atoms with Crippen LogP contribution in [0.1, 0.15) is 43.2 Å². The van der Waals surface area contributed by atoms with Gasteiger partial charge in [-0.2, -0.15) is 4.58 Å². The molecule has 4 heteroatoms. The van der Waals surface area contributed by atoms with Crippen LogP contribution in [-0.2, 0) is 11.3 Å². The van der Waals surface area contributed by atoms with E-state index < -0.39 is 0 Å². The maximum atomic E-state index is 13.9. The highest BCUT2D eigenvalue weighted by atomic mass is 16.3. The lowest BCUT2D eigenvalue weighted by molar-refractivity contribution is -0.432. The first-order valence-corrected chi connectivity index (χ1v) is 13.0. The summed E-state index contributed by atoms with van der Waals surface area (Å²) in [5.74, 6) is 0.0220. The number of allylic oxidation sites excluding steroid dienone is 3. The Bertz CT molecular complexity index is 1730. The smallest absolute Gasteiger partial charge is 0.213 e. The zero-order chi connectivity index (χ0) is 26.0. The molecule has 0 spiro atoms. The highest BCUT2D eigenvalue weighted by Crippen LogP contribution is 2.48. The van der Waals surface area contributed by atoms with Crippen LogP contribution < -0.4 is 0 Å². The summed E-state index contributed by atoms with van der Waals surface area (Å²) in [6.45, 7) is 12.0. The molecule has 184 valence electrons. The Morgan fingerprint density at radius 3 is 2.27 bits per heavy atom. The van der Waals surface area contributed by atoms with E-state index in [2.05, 4.69) is 78.4 Å². The van der Waals surface area contributed by atoms with Crippen LogP contribution in [0.3, 0.4) is 0 Å². The van der Waals surface area contributed by atoms with E-state index in [4.69, 9.17) is 0 Å². The van der Waals surface area contributed by atoms with Gasteiger partial charge in [-0.05, 0) is 63.1 Å². The van der Waals surface area contributed by atoms with Crippen molar-refractivity contribution < 1.29 is 14.5 Å². The third-order valence-corrected chi connectivity index (χ3v) is 7.97. The Kier molecular flexibility index (Phi) is 5.30. The number of aliphatic hydroxyl groups is 1. The molecule has 2 heterocycles. The molecule has 0 saturated heterocycles. The number of hydrogen-bond donors (Lipinski definition) is 1. The van der Waals surface area contributed by atoms with E-state index in [1.165, 1.54) is 0 Å². The molecule has 0 fully saturated rings. The molecule has 0 atom stereocenters. The molecular weight excluding hydrogens is 456 g/mol. The summed E-state index contributed by atoms with van der Waals surface area (Å²) in [7, 11) is 0. The van der Waals surface area contributed by atoms with Crippen molar-refractivity contribution >= 4 is 39.2 Å². The van der Waals surface area contributed by atoms with Crippen LogP contribution in [0.2, 0.25) is 0 Å². The molecule has 4 aromatic rings. The summed E-state index contributed by atoms with van der Waals surface area (Å²) in [4.78, 5) is 13.9. The maximum absolute atomic E-state index is 13.9. The summed E-state index contributed by atoms with van der Waals surface area (Å²) in [5, 5.41) is 12.6. The van der Waals surface area contributed by atoms with Crippen molar-refractivity contribution in [2.24, 2.45) is 0 Å². The molecular formula is C33H31N2O2+. The number of benzene rings is 3. The molecule has 0 amide bonds. The van der Waals surface area contributed by atoms with Crippen LogP contribution in [0.5, 0.6) is 0 Å². The quantitative estimate of drug-likeness (QED) is 0.241. The Morgan fingerprint density at radius 2 is 1.59 bits per heavy atom. The summed E-state index contributed by atoms with van der Waals surface area (Å²) in [6, 6.07) is 23.0. The minimum Gasteiger partial charge on any atom is -0.506 e. The van der Waals surface area contributed by atoms with Crippen molar-refractivity contribution in [3.63, 3.8) is 0 Å². The van der Waals surface area contributed by atoms with Gasteiger partial charge in [-0.25, -0.2) is 0 Å². The van der Waals surface area contributed by atoms with Crippen LogP contribution in [0.25, 0.3) is 33.2 Å². The van der Waals surface area contributed by atoms with Crippen LogP contribution in [0, 0.1) is 13.8 Å². The van der Waals surface area contributed by atoms with Crippen LogP contribution in [0.4, 0.5) is 5.69 Å². The van der Waals surface area contributed by atoms with Gasteiger partial charge in [-0.3, -0.25) is 4.79 Å². The van der Waals surface area contributed by atoms with Crippen molar-refractivity contribution in [1.29, 1.82) is 0 Å². The van der Waals surface area contributed by atoms with E-state index in [1.54, 1.807) is 0 Å². The number of carbonyl (C=O) groups excluding carboxylic acids is 1. The van der Waals surface area contributed by atoms with Crippen molar-refractivity contribution in [1.82, 2.24) is 4.57 Å². The minimum absolute atomic E-state index is 0.0828. The zero-order valence-electron chi connectivity index (χ0n) is 22.0. The van der Waals surface area contributed by atoms with Gasteiger partial charge in [0.2, 0.25) is 11.5 Å². The number of carbonyl (C=O) groups is 1. The second kappa shape index (κ2) is 8.45. The average Bonchev–Trinajstić information content (AvgIpc) is 3.33. The Hall–Kier alpha value is -4.18. The van der Waals surface area contributed by atoms with Gasteiger partial charge in [-0.1, -0.05) is 42.0 Å². The maximum Gasteiger partial charge on any atom is 0.213 e. The SMILES string of the molecule is CCn1c(C)c(C2=C(O)/C(=C3/C(C)=[N+](CC)c4ccc(-c5ccccc5)cc43)C2=O)c2cc(C)ccc21. The molecule has 1 aliphatic heterocycles. The van der Waals surface area contributed by atoms with E-state index in [-0.39, 0.29) is 11.5 Å². The lowest BCUT2D eigenvalue weighted by Crippen LogP contribution is -2.24. The van der Waals surface area contributed by atoms with Gasteiger partial charge >= 0.3 is 0 Å². The standard InChI is InChI=1S/C33H30N2O2/c1-6-34-20(4)28(24-17-19(3)13-15-26(24)34)30-32(36)31(33(30)37)29-21(5)35(7-2)27-16-14-23(18-25(27)29)22-11-9-8-10-12-22/h8-18H,6-7H2,1-5H3/p+1. The minimum atomic E-state index is -0.0828. The highest BCUT2D eigenvalue weighted by molar-refractivity contribution is 6.47. The van der Waals surface area contributed by atoms with E-state index in [0.717, 1.165) is 74.5 Å². The van der Waals surface area contributed by atoms with Gasteiger partial charge in [0, 0.05) is 41.7 Å². The Morgan fingerprint density at radius 1 is 0.838 bits per heavy atom. The molecule has 6 rings (SSSR count). The van der Waals surface area contributed by atoms with Crippen LogP contribution in [-0.4, -0.2) is 32.3 Å². The molecule has 1 aliphatic carbocycles. The van der Waals surface area contributed by atoms with E-state index in [9.17, 15) is 9.90 Å². The third-order valence-electron chi connectivity index (χ3n) is 7.97. The lowest BCUT2D eigenvalue weighted by Gasteiger charge is -2.23. The molecule has 37 heavy (non-hydrogen) atoms. The predicted octanol–water partition coefficient (Wildman–Crippen LogP) is 7.39. The van der Waals surface area contributed by atoms with E-state index in [0.29, 0.717) is 11.1 Å². The van der Waals surface area contributed by atoms with Crippen molar-refractivity contribution in [3.05, 3.63) is 100 Å².